The number of nitrogens with zero attached hydrogens (tertiary/aromatic N) is 4. The molecule has 0 saturated carbocycles. The Labute approximate surface area is 160 Å². The number of rotatable bonds is 5. The van der Waals surface area contributed by atoms with Crippen molar-refractivity contribution in [2.24, 2.45) is 0 Å². The summed E-state index contributed by atoms with van der Waals surface area (Å²) >= 11 is 0. The van der Waals surface area contributed by atoms with Crippen LogP contribution in [0.4, 0.5) is 5.69 Å². The van der Waals surface area contributed by atoms with Gasteiger partial charge in [-0.25, -0.2) is 15.0 Å². The summed E-state index contributed by atoms with van der Waals surface area (Å²) in [5.74, 6) is 0. The van der Waals surface area contributed by atoms with Crippen molar-refractivity contribution in [3.8, 4) is 6.07 Å². The Morgan fingerprint density at radius 2 is 1.67 bits per heavy atom. The lowest BCUT2D eigenvalue weighted by Gasteiger charge is -2.11. The zero-order valence-corrected chi connectivity index (χ0v) is 15.2. The van der Waals surface area contributed by atoms with Crippen LogP contribution < -0.4 is 4.90 Å². The van der Waals surface area contributed by atoms with Crippen molar-refractivity contribution in [1.29, 1.82) is 5.26 Å². The van der Waals surface area contributed by atoms with Crippen LogP contribution in [0.5, 0.6) is 0 Å². The zero-order chi connectivity index (χ0) is 19.6. The Hall–Kier alpha value is -4.07. The first-order chi connectivity index (χ1) is 13.1. The SMILES string of the molecule is [C-]#[N+]C(=CC=Cc1ccc(N(C)C)cc1)C(=C(C#N)[N+]#[C-])c1ccccc1. The minimum absolute atomic E-state index is 0.0906. The molecular formula is C23H18N4. The Morgan fingerprint density at radius 1 is 1.00 bits per heavy atom. The van der Waals surface area contributed by atoms with Gasteiger partial charge in [-0.05, 0) is 23.3 Å². The summed E-state index contributed by atoms with van der Waals surface area (Å²) in [7, 11) is 3.97. The normalized spacial score (nSPS) is 11.9. The molecule has 0 N–H and O–H groups in total. The van der Waals surface area contributed by atoms with Crippen molar-refractivity contribution in [3.63, 3.8) is 0 Å². The lowest BCUT2D eigenvalue weighted by atomic mass is 10.0. The van der Waals surface area contributed by atoms with Crippen LogP contribution in [-0.4, -0.2) is 14.1 Å². The average molecular weight is 350 g/mol. The molecule has 0 aliphatic rings. The van der Waals surface area contributed by atoms with Crippen molar-refractivity contribution in [2.45, 2.75) is 0 Å². The van der Waals surface area contributed by atoms with Crippen LogP contribution in [0.3, 0.4) is 0 Å². The van der Waals surface area contributed by atoms with Crippen LogP contribution in [-0.2, 0) is 0 Å². The fourth-order valence-corrected chi connectivity index (χ4v) is 2.46. The second-order valence-electron chi connectivity index (χ2n) is 5.82. The number of benzene rings is 2. The summed E-state index contributed by atoms with van der Waals surface area (Å²) in [4.78, 5) is 8.87. The highest BCUT2D eigenvalue weighted by Crippen LogP contribution is 2.28. The monoisotopic (exact) mass is 350 g/mol. The highest BCUT2D eigenvalue weighted by Gasteiger charge is 2.14. The molecule has 0 aliphatic carbocycles. The van der Waals surface area contributed by atoms with Gasteiger partial charge in [0.25, 0.3) is 5.70 Å². The number of allylic oxidation sites excluding steroid dienone is 4. The summed E-state index contributed by atoms with van der Waals surface area (Å²) in [5.41, 5.74) is 3.31. The fraction of sp³-hybridized carbons (Fsp3) is 0.0870. The van der Waals surface area contributed by atoms with E-state index in [1.54, 1.807) is 24.3 Å². The second kappa shape index (κ2) is 9.42. The predicted octanol–water partition coefficient (Wildman–Crippen LogP) is 5.42. The van der Waals surface area contributed by atoms with Gasteiger partial charge in [0.15, 0.2) is 5.70 Å². The summed E-state index contributed by atoms with van der Waals surface area (Å²) in [6.45, 7) is 14.8. The van der Waals surface area contributed by atoms with Crippen molar-refractivity contribution in [3.05, 3.63) is 112 Å². The molecule has 27 heavy (non-hydrogen) atoms. The van der Waals surface area contributed by atoms with Gasteiger partial charge in [0, 0.05) is 25.4 Å². The number of hydrogen-bond acceptors (Lipinski definition) is 2. The van der Waals surface area contributed by atoms with E-state index in [4.69, 9.17) is 13.1 Å². The quantitative estimate of drug-likeness (QED) is 0.410. The van der Waals surface area contributed by atoms with Gasteiger partial charge >= 0.3 is 0 Å². The maximum atomic E-state index is 9.30. The van der Waals surface area contributed by atoms with E-state index in [0.717, 1.165) is 11.3 Å². The fourth-order valence-electron chi connectivity index (χ4n) is 2.46. The van der Waals surface area contributed by atoms with Crippen LogP contribution in [0.1, 0.15) is 11.1 Å². The van der Waals surface area contributed by atoms with E-state index >= 15 is 0 Å². The minimum atomic E-state index is -0.0906. The van der Waals surface area contributed by atoms with Gasteiger partial charge in [-0.1, -0.05) is 60.7 Å². The van der Waals surface area contributed by atoms with E-state index in [0.29, 0.717) is 11.1 Å². The molecule has 2 aromatic rings. The maximum absolute atomic E-state index is 9.30. The Balaban J connectivity index is 2.40. The molecule has 0 radical (unpaired) electrons. The Morgan fingerprint density at radius 3 is 2.19 bits per heavy atom. The van der Waals surface area contributed by atoms with Gasteiger partial charge in [-0.2, -0.15) is 0 Å². The molecule has 130 valence electrons. The largest absolute Gasteiger partial charge is 0.378 e. The molecule has 2 rings (SSSR count). The van der Waals surface area contributed by atoms with Crippen LogP contribution in [0, 0.1) is 24.5 Å². The first-order valence-corrected chi connectivity index (χ1v) is 8.21. The average Bonchev–Trinajstić information content (AvgIpc) is 2.71. The third-order valence-electron chi connectivity index (χ3n) is 3.85. The molecule has 0 amide bonds. The molecule has 0 unspecified atom stereocenters. The second-order valence-corrected chi connectivity index (χ2v) is 5.82. The molecule has 0 saturated heterocycles. The van der Waals surface area contributed by atoms with E-state index in [1.165, 1.54) is 0 Å². The Bertz CT molecular complexity index is 987. The van der Waals surface area contributed by atoms with Crippen molar-refractivity contribution in [2.75, 3.05) is 19.0 Å². The van der Waals surface area contributed by atoms with Gasteiger partial charge in [-0.3, -0.25) is 0 Å². The molecule has 4 nitrogen and oxygen atoms in total. The van der Waals surface area contributed by atoms with Gasteiger partial charge < -0.3 is 4.90 Å². The van der Waals surface area contributed by atoms with E-state index < -0.39 is 0 Å². The standard InChI is InChI=1S/C23H18N4/c1-25-21(12-8-9-18-13-15-20(16-14-18)27(3)4)23(22(17-24)26-2)19-10-6-5-7-11-19/h5-16H,3-4H3. The number of hydrogen-bond donors (Lipinski definition) is 0. The lowest BCUT2D eigenvalue weighted by Crippen LogP contribution is -2.07. The zero-order valence-electron chi connectivity index (χ0n) is 15.2. The van der Waals surface area contributed by atoms with Crippen molar-refractivity contribution in [1.82, 2.24) is 0 Å². The highest BCUT2D eigenvalue weighted by molar-refractivity contribution is 5.86. The summed E-state index contributed by atoms with van der Waals surface area (Å²) in [6.07, 6.45) is 5.29. The molecule has 2 aromatic carbocycles. The third kappa shape index (κ3) is 4.95. The summed E-state index contributed by atoms with van der Waals surface area (Å²) in [5, 5.41) is 9.30. The molecule has 4 heteroatoms. The topological polar surface area (TPSA) is 35.8 Å². The number of anilines is 1. The van der Waals surface area contributed by atoms with E-state index in [9.17, 15) is 5.26 Å². The van der Waals surface area contributed by atoms with Crippen LogP contribution in [0.15, 0.2) is 78.1 Å². The van der Waals surface area contributed by atoms with Gasteiger partial charge in [0.1, 0.15) is 0 Å². The molecule has 0 spiro atoms. The smallest absolute Gasteiger partial charge is 0.259 e. The maximum Gasteiger partial charge on any atom is 0.259 e. The van der Waals surface area contributed by atoms with Gasteiger partial charge in [0.05, 0.1) is 19.2 Å². The molecular weight excluding hydrogens is 332 g/mol. The van der Waals surface area contributed by atoms with Crippen LogP contribution in [0.25, 0.3) is 21.3 Å². The molecule has 0 aromatic heterocycles. The van der Waals surface area contributed by atoms with Gasteiger partial charge in [-0.15, -0.1) is 0 Å². The summed E-state index contributed by atoms with van der Waals surface area (Å²) in [6, 6.07) is 19.0. The first kappa shape index (κ1) is 19.3. The van der Waals surface area contributed by atoms with E-state index in [2.05, 4.69) is 9.69 Å². The van der Waals surface area contributed by atoms with Crippen LogP contribution in [0.2, 0.25) is 0 Å². The lowest BCUT2D eigenvalue weighted by molar-refractivity contribution is 1.13. The number of nitriles is 1. The Kier molecular flexibility index (Phi) is 6.72. The van der Waals surface area contributed by atoms with Crippen molar-refractivity contribution < 1.29 is 0 Å². The van der Waals surface area contributed by atoms with Crippen LogP contribution >= 0.6 is 0 Å². The highest BCUT2D eigenvalue weighted by atomic mass is 15.1. The molecule has 0 bridgehead atoms. The first-order valence-electron chi connectivity index (χ1n) is 8.21. The molecule has 0 atom stereocenters. The summed E-state index contributed by atoms with van der Waals surface area (Å²) < 4.78 is 0. The molecule has 0 fully saturated rings. The third-order valence-corrected chi connectivity index (χ3v) is 3.85. The van der Waals surface area contributed by atoms with E-state index in [-0.39, 0.29) is 11.4 Å². The van der Waals surface area contributed by atoms with Crippen molar-refractivity contribution >= 4 is 17.3 Å². The van der Waals surface area contributed by atoms with E-state index in [1.807, 2.05) is 73.6 Å². The minimum Gasteiger partial charge on any atom is -0.378 e. The molecule has 0 heterocycles. The molecule has 0 aliphatic heterocycles. The predicted molar refractivity (Wildman–Crippen MR) is 110 cm³/mol. The van der Waals surface area contributed by atoms with Gasteiger partial charge in [0.2, 0.25) is 0 Å².